The molecule has 5 nitrogen and oxygen atoms in total. The summed E-state index contributed by atoms with van der Waals surface area (Å²) in [6.45, 7) is 0.291. The smallest absolute Gasteiger partial charge is 0.337 e. The number of terminal acetylenes is 1. The summed E-state index contributed by atoms with van der Waals surface area (Å²) in [5.74, 6) is 0.864. The molecule has 1 amide bonds. The topological polar surface area (TPSA) is 78.4 Å². The molecule has 0 heterocycles. The molecule has 18 heavy (non-hydrogen) atoms. The number of hydrogen-bond donors (Lipinski definition) is 3. The number of nitrogens with one attached hydrogen (secondary N) is 2. The first kappa shape index (κ1) is 14.2. The highest BCUT2D eigenvalue weighted by Gasteiger charge is 2.14. The largest absolute Gasteiger partial charge is 0.478 e. The molecule has 0 aromatic heterocycles. The Bertz CT molecular complexity index is 509. The number of rotatable bonds is 5. The third-order valence-corrected chi connectivity index (χ3v) is 2.68. The van der Waals surface area contributed by atoms with Crippen molar-refractivity contribution in [3.8, 4) is 12.3 Å². The number of para-hydroxylation sites is 1. The first-order valence-corrected chi connectivity index (χ1v) is 5.81. The Morgan fingerprint density at radius 2 is 2.17 bits per heavy atom. The van der Waals surface area contributed by atoms with E-state index in [4.69, 9.17) is 11.5 Å². The van der Waals surface area contributed by atoms with Gasteiger partial charge >= 0.3 is 5.97 Å². The number of carbonyl (C=O) groups excluding carboxylic acids is 1. The fourth-order valence-corrected chi connectivity index (χ4v) is 1.73. The standard InChI is InChI=1S/C12H11BrN2O3/c1-2-6-14-7-10(16)15-11-8(12(17)18)4-3-5-9(11)13/h1,3-5,14H,6-7H2,(H,15,16)(H,17,18). The van der Waals surface area contributed by atoms with Crippen molar-refractivity contribution in [3.05, 3.63) is 28.2 Å². The molecule has 94 valence electrons. The van der Waals surface area contributed by atoms with Crippen molar-refractivity contribution < 1.29 is 14.7 Å². The van der Waals surface area contributed by atoms with Crippen LogP contribution in [0.15, 0.2) is 22.7 Å². The number of carboxylic acids is 1. The molecule has 0 radical (unpaired) electrons. The van der Waals surface area contributed by atoms with Gasteiger partial charge in [-0.2, -0.15) is 0 Å². The highest BCUT2D eigenvalue weighted by Crippen LogP contribution is 2.26. The third kappa shape index (κ3) is 3.87. The molecule has 0 spiro atoms. The molecule has 0 unspecified atom stereocenters. The van der Waals surface area contributed by atoms with Crippen molar-refractivity contribution in [2.75, 3.05) is 18.4 Å². The van der Waals surface area contributed by atoms with Gasteiger partial charge in [0.05, 0.1) is 24.3 Å². The van der Waals surface area contributed by atoms with Crippen LogP contribution in [-0.4, -0.2) is 30.1 Å². The molecule has 1 aromatic rings. The normalized spacial score (nSPS) is 9.56. The van der Waals surface area contributed by atoms with Gasteiger partial charge in [0.2, 0.25) is 5.91 Å². The Labute approximate surface area is 113 Å². The fraction of sp³-hybridized carbons (Fsp3) is 0.167. The maximum Gasteiger partial charge on any atom is 0.337 e. The van der Waals surface area contributed by atoms with Crippen molar-refractivity contribution in [3.63, 3.8) is 0 Å². The second-order valence-corrected chi connectivity index (χ2v) is 4.18. The van der Waals surface area contributed by atoms with E-state index in [-0.39, 0.29) is 30.2 Å². The lowest BCUT2D eigenvalue weighted by Gasteiger charge is -2.10. The maximum atomic E-state index is 11.6. The Morgan fingerprint density at radius 3 is 2.78 bits per heavy atom. The van der Waals surface area contributed by atoms with Crippen molar-refractivity contribution in [1.29, 1.82) is 0 Å². The molecular formula is C12H11BrN2O3. The lowest BCUT2D eigenvalue weighted by Crippen LogP contribution is -2.29. The van der Waals surface area contributed by atoms with Crippen LogP contribution in [0.1, 0.15) is 10.4 Å². The summed E-state index contributed by atoms with van der Waals surface area (Å²) in [6, 6.07) is 4.65. The zero-order valence-electron chi connectivity index (χ0n) is 9.37. The van der Waals surface area contributed by atoms with E-state index >= 15 is 0 Å². The summed E-state index contributed by atoms with van der Waals surface area (Å²) >= 11 is 3.19. The Balaban J connectivity index is 2.81. The quantitative estimate of drug-likeness (QED) is 0.566. The molecule has 0 saturated carbocycles. The van der Waals surface area contributed by atoms with Crippen LogP contribution in [0.2, 0.25) is 0 Å². The second-order valence-electron chi connectivity index (χ2n) is 3.32. The number of benzene rings is 1. The van der Waals surface area contributed by atoms with Crippen molar-refractivity contribution in [2.45, 2.75) is 0 Å². The van der Waals surface area contributed by atoms with E-state index in [0.29, 0.717) is 4.47 Å². The molecule has 1 rings (SSSR count). The summed E-state index contributed by atoms with van der Waals surface area (Å²) in [5.41, 5.74) is 0.257. The average molecular weight is 311 g/mol. The molecule has 3 N–H and O–H groups in total. The molecular weight excluding hydrogens is 300 g/mol. The van der Waals surface area contributed by atoms with Crippen LogP contribution >= 0.6 is 15.9 Å². The van der Waals surface area contributed by atoms with E-state index in [1.807, 2.05) is 0 Å². The zero-order chi connectivity index (χ0) is 13.5. The van der Waals surface area contributed by atoms with Gasteiger partial charge in [0, 0.05) is 4.47 Å². The summed E-state index contributed by atoms with van der Waals surface area (Å²) in [6.07, 6.45) is 5.03. The van der Waals surface area contributed by atoms with Gasteiger partial charge < -0.3 is 10.4 Å². The van der Waals surface area contributed by atoms with Gasteiger partial charge in [-0.15, -0.1) is 6.42 Å². The van der Waals surface area contributed by atoms with E-state index in [1.165, 1.54) is 6.07 Å². The van der Waals surface area contributed by atoms with Crippen LogP contribution in [0, 0.1) is 12.3 Å². The van der Waals surface area contributed by atoms with Crippen LogP contribution < -0.4 is 10.6 Å². The number of carbonyl (C=O) groups is 2. The molecule has 6 heteroatoms. The molecule has 0 bridgehead atoms. The van der Waals surface area contributed by atoms with Crippen molar-refractivity contribution in [1.82, 2.24) is 5.32 Å². The van der Waals surface area contributed by atoms with Crippen molar-refractivity contribution in [2.24, 2.45) is 0 Å². The number of aromatic carboxylic acids is 1. The minimum atomic E-state index is -1.11. The van der Waals surface area contributed by atoms with Crippen molar-refractivity contribution >= 4 is 33.5 Å². The van der Waals surface area contributed by atoms with E-state index in [2.05, 4.69) is 32.5 Å². The molecule has 0 aliphatic heterocycles. The van der Waals surface area contributed by atoms with Gasteiger partial charge in [0.1, 0.15) is 0 Å². The summed E-state index contributed by atoms with van der Waals surface area (Å²) in [7, 11) is 0. The van der Waals surface area contributed by atoms with Gasteiger partial charge in [0.25, 0.3) is 0 Å². The highest BCUT2D eigenvalue weighted by molar-refractivity contribution is 9.10. The van der Waals surface area contributed by atoms with Crippen LogP contribution in [0.5, 0.6) is 0 Å². The van der Waals surface area contributed by atoms with Gasteiger partial charge in [0.15, 0.2) is 0 Å². The van der Waals surface area contributed by atoms with E-state index in [0.717, 1.165) is 0 Å². The summed E-state index contributed by atoms with van der Waals surface area (Å²) in [4.78, 5) is 22.6. The monoisotopic (exact) mass is 310 g/mol. The van der Waals surface area contributed by atoms with E-state index < -0.39 is 5.97 Å². The predicted molar refractivity (Wildman–Crippen MR) is 71.4 cm³/mol. The second kappa shape index (κ2) is 6.79. The maximum absolute atomic E-state index is 11.6. The molecule has 0 aliphatic rings. The predicted octanol–water partition coefficient (Wildman–Crippen LogP) is 1.31. The van der Waals surface area contributed by atoms with Crippen LogP contribution in [0.4, 0.5) is 5.69 Å². The molecule has 0 saturated heterocycles. The summed E-state index contributed by atoms with van der Waals surface area (Å²) in [5, 5.41) is 14.2. The fourth-order valence-electron chi connectivity index (χ4n) is 1.26. The zero-order valence-corrected chi connectivity index (χ0v) is 11.0. The third-order valence-electron chi connectivity index (χ3n) is 2.02. The lowest BCUT2D eigenvalue weighted by atomic mass is 10.2. The van der Waals surface area contributed by atoms with E-state index in [1.54, 1.807) is 12.1 Å². The Morgan fingerprint density at radius 1 is 1.44 bits per heavy atom. The molecule has 0 aliphatic carbocycles. The molecule has 1 aromatic carbocycles. The first-order valence-electron chi connectivity index (χ1n) is 5.02. The Kier molecular flexibility index (Phi) is 5.36. The highest BCUT2D eigenvalue weighted by atomic mass is 79.9. The van der Waals surface area contributed by atoms with Crippen LogP contribution in [0.3, 0.4) is 0 Å². The Hall–Kier alpha value is -1.84. The minimum Gasteiger partial charge on any atom is -0.478 e. The van der Waals surface area contributed by atoms with Crippen LogP contribution in [-0.2, 0) is 4.79 Å². The first-order chi connectivity index (χ1) is 8.56. The number of halogens is 1. The van der Waals surface area contributed by atoms with Gasteiger partial charge in [-0.05, 0) is 28.1 Å². The molecule has 0 fully saturated rings. The number of anilines is 1. The minimum absolute atomic E-state index is 0.0184. The van der Waals surface area contributed by atoms with E-state index in [9.17, 15) is 9.59 Å². The number of hydrogen-bond acceptors (Lipinski definition) is 3. The molecule has 0 atom stereocenters. The SMILES string of the molecule is C#CCNCC(=O)Nc1c(Br)cccc1C(=O)O. The summed E-state index contributed by atoms with van der Waals surface area (Å²) < 4.78 is 0.507. The van der Waals surface area contributed by atoms with Gasteiger partial charge in [-0.1, -0.05) is 12.0 Å². The lowest BCUT2D eigenvalue weighted by molar-refractivity contribution is -0.115. The number of carboxylic acid groups (broad SMARTS) is 1. The van der Waals surface area contributed by atoms with Gasteiger partial charge in [-0.25, -0.2) is 4.79 Å². The average Bonchev–Trinajstić information content (AvgIpc) is 2.31. The number of amides is 1. The van der Waals surface area contributed by atoms with Gasteiger partial charge in [-0.3, -0.25) is 10.1 Å². The van der Waals surface area contributed by atoms with Crippen LogP contribution in [0.25, 0.3) is 0 Å².